The molecule has 0 N–H and O–H groups in total. The molecule has 0 saturated heterocycles. The molecule has 0 heterocycles. The molecule has 0 unspecified atom stereocenters. The summed E-state index contributed by atoms with van der Waals surface area (Å²) in [5.74, 6) is 1.07. The fourth-order valence-corrected chi connectivity index (χ4v) is 1.09. The molecular formula is C11H20O. The average Bonchev–Trinajstić information content (AvgIpc) is 2.06. The molecule has 0 radical (unpaired) electrons. The second kappa shape index (κ2) is 8.38. The number of rotatable bonds is 7. The molecule has 0 aromatic heterocycles. The summed E-state index contributed by atoms with van der Waals surface area (Å²) < 4.78 is 5.25. The molecular weight excluding hydrogens is 148 g/mol. The van der Waals surface area contributed by atoms with Crippen LogP contribution >= 0.6 is 0 Å². The van der Waals surface area contributed by atoms with Crippen LogP contribution in [0.4, 0.5) is 0 Å². The lowest BCUT2D eigenvalue weighted by molar-refractivity contribution is 0.328. The van der Waals surface area contributed by atoms with Crippen LogP contribution < -0.4 is 0 Å². The quantitative estimate of drug-likeness (QED) is 0.412. The van der Waals surface area contributed by atoms with Crippen LogP contribution in [0.25, 0.3) is 0 Å². The van der Waals surface area contributed by atoms with E-state index in [9.17, 15) is 0 Å². The van der Waals surface area contributed by atoms with Crippen LogP contribution in [0.3, 0.4) is 0 Å². The molecule has 0 aliphatic heterocycles. The largest absolute Gasteiger partial charge is 0.470 e. The van der Waals surface area contributed by atoms with Crippen molar-refractivity contribution in [3.05, 3.63) is 24.7 Å². The highest BCUT2D eigenvalue weighted by molar-refractivity contribution is 4.93. The summed E-state index contributed by atoms with van der Waals surface area (Å²) in [4.78, 5) is 0. The maximum absolute atomic E-state index is 5.25. The lowest BCUT2D eigenvalue weighted by atomic mass is 10.1. The second-order valence-corrected chi connectivity index (χ2v) is 2.82. The predicted molar refractivity (Wildman–Crippen MR) is 53.8 cm³/mol. The van der Waals surface area contributed by atoms with Gasteiger partial charge in [0.2, 0.25) is 0 Å². The van der Waals surface area contributed by atoms with E-state index in [4.69, 9.17) is 4.74 Å². The molecule has 1 nitrogen and oxygen atoms in total. The Bertz CT molecular complexity index is 136. The normalized spacial score (nSPS) is 11.3. The fraction of sp³-hybridized carbons (Fsp3) is 0.636. The van der Waals surface area contributed by atoms with Crippen LogP contribution in [0.1, 0.15) is 46.0 Å². The molecule has 0 aliphatic rings. The van der Waals surface area contributed by atoms with Gasteiger partial charge >= 0.3 is 0 Å². The van der Waals surface area contributed by atoms with Crippen molar-refractivity contribution in [2.24, 2.45) is 0 Å². The van der Waals surface area contributed by atoms with E-state index < -0.39 is 0 Å². The third-order valence-corrected chi connectivity index (χ3v) is 1.69. The van der Waals surface area contributed by atoms with Crippen molar-refractivity contribution in [2.45, 2.75) is 46.0 Å². The van der Waals surface area contributed by atoms with Gasteiger partial charge in [-0.3, -0.25) is 0 Å². The van der Waals surface area contributed by atoms with Gasteiger partial charge < -0.3 is 4.74 Å². The first-order chi connectivity index (χ1) is 5.85. The molecule has 0 atom stereocenters. The molecule has 1 heteroatoms. The van der Waals surface area contributed by atoms with E-state index in [-0.39, 0.29) is 0 Å². The van der Waals surface area contributed by atoms with Gasteiger partial charge in [0.15, 0.2) is 0 Å². The highest BCUT2D eigenvalue weighted by Crippen LogP contribution is 2.11. The van der Waals surface area contributed by atoms with Gasteiger partial charge in [-0.05, 0) is 18.9 Å². The molecule has 0 fully saturated rings. The zero-order valence-electron chi connectivity index (χ0n) is 8.31. The first-order valence-electron chi connectivity index (χ1n) is 4.81. The Morgan fingerprint density at radius 2 is 2.08 bits per heavy atom. The molecule has 70 valence electrons. The summed E-state index contributed by atoms with van der Waals surface area (Å²) in [5.41, 5.74) is 0. The summed E-state index contributed by atoms with van der Waals surface area (Å²) in [6.45, 7) is 7.87. The van der Waals surface area contributed by atoms with Crippen molar-refractivity contribution < 1.29 is 4.74 Å². The second-order valence-electron chi connectivity index (χ2n) is 2.82. The zero-order chi connectivity index (χ0) is 9.23. The summed E-state index contributed by atoms with van der Waals surface area (Å²) in [6, 6.07) is 0. The van der Waals surface area contributed by atoms with Gasteiger partial charge in [0.25, 0.3) is 0 Å². The zero-order valence-corrected chi connectivity index (χ0v) is 8.31. The number of allylic oxidation sites excluding steroid dienone is 2. The van der Waals surface area contributed by atoms with E-state index in [1.165, 1.54) is 25.5 Å². The topological polar surface area (TPSA) is 9.23 Å². The van der Waals surface area contributed by atoms with Crippen molar-refractivity contribution in [1.82, 2.24) is 0 Å². The van der Waals surface area contributed by atoms with Gasteiger partial charge in [0.1, 0.15) is 0 Å². The Labute approximate surface area is 76.1 Å². The number of hydrogen-bond donors (Lipinski definition) is 0. The SMILES string of the molecule is C=CO/C(=C\CC)CCCCC. The first kappa shape index (κ1) is 11.3. The van der Waals surface area contributed by atoms with E-state index in [1.54, 1.807) is 0 Å². The molecule has 0 aromatic carbocycles. The van der Waals surface area contributed by atoms with Gasteiger partial charge in [0.05, 0.1) is 12.0 Å². The number of ether oxygens (including phenoxy) is 1. The minimum absolute atomic E-state index is 1.04. The number of hydrogen-bond acceptors (Lipinski definition) is 1. The van der Waals surface area contributed by atoms with Crippen LogP contribution in [0.15, 0.2) is 24.7 Å². The average molecular weight is 168 g/mol. The van der Waals surface area contributed by atoms with Gasteiger partial charge in [-0.1, -0.05) is 33.3 Å². The Kier molecular flexibility index (Phi) is 7.87. The van der Waals surface area contributed by atoms with Crippen LogP contribution in [0, 0.1) is 0 Å². The maximum atomic E-state index is 5.25. The van der Waals surface area contributed by atoms with Crippen LogP contribution in [-0.2, 0) is 4.74 Å². The minimum Gasteiger partial charge on any atom is -0.470 e. The van der Waals surface area contributed by atoms with Gasteiger partial charge in [-0.15, -0.1) is 0 Å². The van der Waals surface area contributed by atoms with Crippen molar-refractivity contribution in [2.75, 3.05) is 0 Å². The molecule has 0 aromatic rings. The Balaban J connectivity index is 3.63. The number of unbranched alkanes of at least 4 members (excludes halogenated alkanes) is 2. The summed E-state index contributed by atoms with van der Waals surface area (Å²) in [6.07, 6.45) is 9.47. The Hall–Kier alpha value is -0.720. The van der Waals surface area contributed by atoms with Gasteiger partial charge in [0, 0.05) is 6.42 Å². The molecule has 0 bridgehead atoms. The highest BCUT2D eigenvalue weighted by Gasteiger charge is 1.94. The smallest absolute Gasteiger partial charge is 0.0991 e. The van der Waals surface area contributed by atoms with Gasteiger partial charge in [-0.2, -0.15) is 0 Å². The summed E-state index contributed by atoms with van der Waals surface area (Å²) >= 11 is 0. The van der Waals surface area contributed by atoms with Crippen molar-refractivity contribution >= 4 is 0 Å². The summed E-state index contributed by atoms with van der Waals surface area (Å²) in [5, 5.41) is 0. The Morgan fingerprint density at radius 3 is 2.58 bits per heavy atom. The molecule has 12 heavy (non-hydrogen) atoms. The van der Waals surface area contributed by atoms with Crippen molar-refractivity contribution in [3.63, 3.8) is 0 Å². The van der Waals surface area contributed by atoms with E-state index >= 15 is 0 Å². The molecule has 0 spiro atoms. The molecule has 0 rings (SSSR count). The fourth-order valence-electron chi connectivity index (χ4n) is 1.09. The first-order valence-corrected chi connectivity index (χ1v) is 4.81. The highest BCUT2D eigenvalue weighted by atomic mass is 16.5. The van der Waals surface area contributed by atoms with E-state index in [2.05, 4.69) is 26.5 Å². The Morgan fingerprint density at radius 1 is 1.33 bits per heavy atom. The van der Waals surface area contributed by atoms with Crippen LogP contribution in [-0.4, -0.2) is 0 Å². The lowest BCUT2D eigenvalue weighted by Crippen LogP contribution is -1.86. The monoisotopic (exact) mass is 168 g/mol. The minimum atomic E-state index is 1.04. The maximum Gasteiger partial charge on any atom is 0.0991 e. The van der Waals surface area contributed by atoms with Crippen LogP contribution in [0.2, 0.25) is 0 Å². The molecule has 0 amide bonds. The third-order valence-electron chi connectivity index (χ3n) is 1.69. The third kappa shape index (κ3) is 6.02. The molecule has 0 saturated carbocycles. The van der Waals surface area contributed by atoms with Gasteiger partial charge in [-0.25, -0.2) is 0 Å². The van der Waals surface area contributed by atoms with E-state index in [0.717, 1.165) is 18.6 Å². The van der Waals surface area contributed by atoms with Crippen molar-refractivity contribution in [3.8, 4) is 0 Å². The van der Waals surface area contributed by atoms with E-state index in [1.807, 2.05) is 0 Å². The van der Waals surface area contributed by atoms with E-state index in [0.29, 0.717) is 0 Å². The van der Waals surface area contributed by atoms with Crippen LogP contribution in [0.5, 0.6) is 0 Å². The predicted octanol–water partition coefficient (Wildman–Crippen LogP) is 4.02. The standard InChI is InChI=1S/C11H20O/c1-4-7-8-10-11(9-5-2)12-6-3/h6,9H,3-5,7-8,10H2,1-2H3/b11-9-. The summed E-state index contributed by atoms with van der Waals surface area (Å²) in [7, 11) is 0. The van der Waals surface area contributed by atoms with Crippen molar-refractivity contribution in [1.29, 1.82) is 0 Å². The molecule has 0 aliphatic carbocycles. The lowest BCUT2D eigenvalue weighted by Gasteiger charge is -2.04.